The standard InChI is InChI=1S/C18H25N5O4/c1-5-23(6-2)18(27)17(26)22-21-12(3)11-16(25)20-15-10-8-7-9-14(15)19-13(4)24/h7-10H,5-6,11H2,1-4H3,(H,19,24)(H,20,25)(H,22,26)/b21-12+. The van der Waals surface area contributed by atoms with Crippen LogP contribution in [0.5, 0.6) is 0 Å². The number of benzene rings is 1. The van der Waals surface area contributed by atoms with Crippen molar-refractivity contribution in [3.63, 3.8) is 0 Å². The van der Waals surface area contributed by atoms with Crippen LogP contribution in [-0.2, 0) is 19.2 Å². The quantitative estimate of drug-likeness (QED) is 0.378. The minimum Gasteiger partial charge on any atom is -0.335 e. The molecule has 1 rings (SSSR count). The number of nitrogens with zero attached hydrogens (tertiary/aromatic N) is 2. The number of carbonyl (C=O) groups is 4. The summed E-state index contributed by atoms with van der Waals surface area (Å²) in [7, 11) is 0. The Morgan fingerprint density at radius 3 is 2.04 bits per heavy atom. The topological polar surface area (TPSA) is 120 Å². The molecule has 0 aliphatic carbocycles. The zero-order valence-corrected chi connectivity index (χ0v) is 16.0. The van der Waals surface area contributed by atoms with E-state index in [-0.39, 0.29) is 18.2 Å². The Balaban J connectivity index is 2.64. The summed E-state index contributed by atoms with van der Waals surface area (Å²) < 4.78 is 0. The van der Waals surface area contributed by atoms with Crippen LogP contribution in [0.1, 0.15) is 34.1 Å². The zero-order chi connectivity index (χ0) is 20.4. The van der Waals surface area contributed by atoms with Gasteiger partial charge < -0.3 is 15.5 Å². The molecular weight excluding hydrogens is 350 g/mol. The number of hydrogen-bond donors (Lipinski definition) is 3. The summed E-state index contributed by atoms with van der Waals surface area (Å²) in [6, 6.07) is 6.77. The van der Waals surface area contributed by atoms with E-state index in [0.29, 0.717) is 30.2 Å². The fraction of sp³-hybridized carbons (Fsp3) is 0.389. The number of hydrazone groups is 1. The molecule has 0 saturated heterocycles. The molecule has 0 spiro atoms. The van der Waals surface area contributed by atoms with Crippen LogP contribution in [0.15, 0.2) is 29.4 Å². The lowest BCUT2D eigenvalue weighted by atomic mass is 10.2. The molecule has 0 aliphatic rings. The molecule has 4 amide bonds. The van der Waals surface area contributed by atoms with E-state index < -0.39 is 11.8 Å². The van der Waals surface area contributed by atoms with Crippen molar-refractivity contribution in [2.45, 2.75) is 34.1 Å². The molecule has 0 atom stereocenters. The molecule has 0 aromatic heterocycles. The van der Waals surface area contributed by atoms with Gasteiger partial charge in [-0.15, -0.1) is 0 Å². The molecule has 9 nitrogen and oxygen atoms in total. The summed E-state index contributed by atoms with van der Waals surface area (Å²) >= 11 is 0. The number of para-hydroxylation sites is 2. The van der Waals surface area contributed by atoms with Crippen LogP contribution >= 0.6 is 0 Å². The lowest BCUT2D eigenvalue weighted by molar-refractivity contribution is -0.145. The lowest BCUT2D eigenvalue weighted by Crippen LogP contribution is -2.41. The Hall–Kier alpha value is -3.23. The molecule has 0 bridgehead atoms. The molecule has 0 aliphatic heterocycles. The van der Waals surface area contributed by atoms with Crippen molar-refractivity contribution in [3.8, 4) is 0 Å². The molecule has 1 aromatic carbocycles. The van der Waals surface area contributed by atoms with Gasteiger partial charge in [0.15, 0.2) is 0 Å². The highest BCUT2D eigenvalue weighted by Crippen LogP contribution is 2.20. The minimum atomic E-state index is -0.852. The van der Waals surface area contributed by atoms with Gasteiger partial charge in [0.05, 0.1) is 17.8 Å². The second-order valence-electron chi connectivity index (χ2n) is 5.72. The van der Waals surface area contributed by atoms with Crippen LogP contribution in [0.3, 0.4) is 0 Å². The van der Waals surface area contributed by atoms with Gasteiger partial charge >= 0.3 is 11.8 Å². The van der Waals surface area contributed by atoms with E-state index in [1.54, 1.807) is 45.0 Å². The molecular formula is C18H25N5O4. The Morgan fingerprint density at radius 2 is 1.52 bits per heavy atom. The van der Waals surface area contributed by atoms with Gasteiger partial charge in [0.2, 0.25) is 11.8 Å². The maximum Gasteiger partial charge on any atom is 0.329 e. The third kappa shape index (κ3) is 7.27. The summed E-state index contributed by atoms with van der Waals surface area (Å²) in [5.41, 5.74) is 3.41. The van der Waals surface area contributed by atoms with Crippen LogP contribution in [0.2, 0.25) is 0 Å². The van der Waals surface area contributed by atoms with Gasteiger partial charge in [-0.3, -0.25) is 19.2 Å². The molecule has 0 heterocycles. The number of rotatable bonds is 7. The highest BCUT2D eigenvalue weighted by molar-refractivity contribution is 6.35. The van der Waals surface area contributed by atoms with Crippen molar-refractivity contribution >= 4 is 40.7 Å². The van der Waals surface area contributed by atoms with E-state index in [9.17, 15) is 19.2 Å². The van der Waals surface area contributed by atoms with E-state index in [4.69, 9.17) is 0 Å². The van der Waals surface area contributed by atoms with E-state index in [2.05, 4.69) is 21.2 Å². The third-order valence-corrected chi connectivity index (χ3v) is 3.52. The van der Waals surface area contributed by atoms with E-state index >= 15 is 0 Å². The van der Waals surface area contributed by atoms with Crippen molar-refractivity contribution < 1.29 is 19.2 Å². The third-order valence-electron chi connectivity index (χ3n) is 3.52. The van der Waals surface area contributed by atoms with Crippen LogP contribution in [0.25, 0.3) is 0 Å². The predicted octanol–water partition coefficient (Wildman–Crippen LogP) is 1.33. The number of hydrogen-bond acceptors (Lipinski definition) is 5. The highest BCUT2D eigenvalue weighted by atomic mass is 16.2. The zero-order valence-electron chi connectivity index (χ0n) is 16.0. The van der Waals surface area contributed by atoms with Gasteiger partial charge in [0, 0.05) is 25.7 Å². The Morgan fingerprint density at radius 1 is 0.963 bits per heavy atom. The molecule has 0 saturated carbocycles. The van der Waals surface area contributed by atoms with Crippen LogP contribution in [-0.4, -0.2) is 47.3 Å². The van der Waals surface area contributed by atoms with Gasteiger partial charge in [-0.25, -0.2) is 5.43 Å². The van der Waals surface area contributed by atoms with Crippen molar-refractivity contribution in [3.05, 3.63) is 24.3 Å². The van der Waals surface area contributed by atoms with Gasteiger partial charge in [0.1, 0.15) is 0 Å². The first-order valence-corrected chi connectivity index (χ1v) is 8.57. The molecule has 9 heteroatoms. The maximum atomic E-state index is 12.1. The monoisotopic (exact) mass is 375 g/mol. The highest BCUT2D eigenvalue weighted by Gasteiger charge is 2.18. The fourth-order valence-corrected chi connectivity index (χ4v) is 2.21. The number of amides is 4. The average molecular weight is 375 g/mol. The van der Waals surface area contributed by atoms with Gasteiger partial charge in [-0.1, -0.05) is 12.1 Å². The van der Waals surface area contributed by atoms with Crippen LogP contribution in [0, 0.1) is 0 Å². The molecule has 146 valence electrons. The van der Waals surface area contributed by atoms with Gasteiger partial charge in [-0.2, -0.15) is 5.10 Å². The van der Waals surface area contributed by atoms with Crippen molar-refractivity contribution in [1.29, 1.82) is 0 Å². The number of likely N-dealkylation sites (N-methyl/N-ethyl adjacent to an activating group) is 1. The first-order valence-electron chi connectivity index (χ1n) is 8.57. The number of anilines is 2. The second kappa shape index (κ2) is 10.7. The van der Waals surface area contributed by atoms with Crippen LogP contribution < -0.4 is 16.1 Å². The van der Waals surface area contributed by atoms with Crippen molar-refractivity contribution in [2.75, 3.05) is 23.7 Å². The van der Waals surface area contributed by atoms with E-state index in [1.165, 1.54) is 11.8 Å². The first kappa shape index (κ1) is 21.8. The summed E-state index contributed by atoms with van der Waals surface area (Å²) in [5, 5.41) is 9.08. The molecule has 0 unspecified atom stereocenters. The second-order valence-corrected chi connectivity index (χ2v) is 5.72. The summed E-state index contributed by atoms with van der Waals surface area (Å²) in [5.74, 6) is -2.16. The number of nitrogens with one attached hydrogen (secondary N) is 3. The Bertz CT molecular complexity index is 741. The summed E-state index contributed by atoms with van der Waals surface area (Å²) in [6.45, 7) is 7.31. The largest absolute Gasteiger partial charge is 0.335 e. The Labute approximate surface area is 158 Å². The average Bonchev–Trinajstić information content (AvgIpc) is 2.61. The van der Waals surface area contributed by atoms with Gasteiger partial charge in [0.25, 0.3) is 0 Å². The smallest absolute Gasteiger partial charge is 0.329 e. The first-order chi connectivity index (χ1) is 12.8. The molecule has 27 heavy (non-hydrogen) atoms. The van der Waals surface area contributed by atoms with Crippen LogP contribution in [0.4, 0.5) is 11.4 Å². The van der Waals surface area contributed by atoms with Crippen molar-refractivity contribution in [2.24, 2.45) is 5.10 Å². The van der Waals surface area contributed by atoms with E-state index in [1.807, 2.05) is 0 Å². The molecule has 0 radical (unpaired) electrons. The molecule has 1 aromatic rings. The molecule has 3 N–H and O–H groups in total. The Kier molecular flexibility index (Phi) is 8.64. The van der Waals surface area contributed by atoms with E-state index in [0.717, 1.165) is 0 Å². The number of carbonyl (C=O) groups excluding carboxylic acids is 4. The fourth-order valence-electron chi connectivity index (χ4n) is 2.21. The SMILES string of the molecule is CCN(CC)C(=O)C(=O)N/N=C(\C)CC(=O)Nc1ccccc1NC(C)=O. The predicted molar refractivity (Wildman–Crippen MR) is 103 cm³/mol. The van der Waals surface area contributed by atoms with Crippen molar-refractivity contribution in [1.82, 2.24) is 10.3 Å². The summed E-state index contributed by atoms with van der Waals surface area (Å²) in [6.07, 6.45) is -0.0891. The minimum absolute atomic E-state index is 0.0891. The lowest BCUT2D eigenvalue weighted by Gasteiger charge is -2.16. The normalized spacial score (nSPS) is 10.7. The van der Waals surface area contributed by atoms with Gasteiger partial charge in [-0.05, 0) is 32.9 Å². The maximum absolute atomic E-state index is 12.1. The molecule has 0 fully saturated rings. The summed E-state index contributed by atoms with van der Waals surface area (Å²) in [4.78, 5) is 48.3.